The number of halogens is 4. The first-order valence-electron chi connectivity index (χ1n) is 9.35. The van der Waals surface area contributed by atoms with Crippen LogP contribution < -0.4 is 0 Å². The molecular formula is C20H14Cl2F2N6O4. The summed E-state index contributed by atoms with van der Waals surface area (Å²) in [5.74, 6) is -3.02. The molecule has 4 aromatic rings. The largest absolute Gasteiger partial charge is 0.476 e. The summed E-state index contributed by atoms with van der Waals surface area (Å²) < 4.78 is 31.8. The molecule has 2 heterocycles. The Bertz CT molecular complexity index is 1340. The van der Waals surface area contributed by atoms with Crippen LogP contribution >= 0.6 is 23.2 Å². The first-order chi connectivity index (χ1) is 16.2. The van der Waals surface area contributed by atoms with Crippen molar-refractivity contribution in [1.29, 1.82) is 0 Å². The first-order valence-corrected chi connectivity index (χ1v) is 10.1. The molecular weight excluding hydrogens is 497 g/mol. The molecule has 34 heavy (non-hydrogen) atoms. The van der Waals surface area contributed by atoms with Gasteiger partial charge in [0, 0.05) is 10.0 Å². The number of hydrogen-bond donors (Lipinski definition) is 1. The van der Waals surface area contributed by atoms with E-state index in [2.05, 4.69) is 20.4 Å². The van der Waals surface area contributed by atoms with Crippen LogP contribution in [0.25, 0.3) is 11.4 Å². The minimum absolute atomic E-state index is 0.0196. The molecule has 10 nitrogen and oxygen atoms in total. The van der Waals surface area contributed by atoms with Crippen LogP contribution in [0, 0.1) is 11.6 Å². The summed E-state index contributed by atoms with van der Waals surface area (Å²) in [5, 5.41) is 24.0. The Kier molecular flexibility index (Phi) is 7.87. The van der Waals surface area contributed by atoms with Crippen LogP contribution in [-0.4, -0.2) is 53.6 Å². The van der Waals surface area contributed by atoms with Crippen LogP contribution in [-0.2, 0) is 4.74 Å². The molecule has 0 amide bonds. The summed E-state index contributed by atoms with van der Waals surface area (Å²) in [6.45, 7) is 1.92. The van der Waals surface area contributed by atoms with Gasteiger partial charge in [0.15, 0.2) is 23.0 Å². The predicted octanol–water partition coefficient (Wildman–Crippen LogP) is 3.99. The standard InChI is InChI=1S/C11H9ClFN3O2.C9H5ClFN3O2/c1-2-18-11(17)9-6-14-16(15-9)10-4-3-7(12)5-8(10)13;10-5-1-2-8(6(11)3-5)14-12-4-7(13-14)9(15)16/h3-6H,2H2,1H3;1-4H,(H,15,16). The van der Waals surface area contributed by atoms with Crippen LogP contribution in [0.3, 0.4) is 0 Å². The lowest BCUT2D eigenvalue weighted by atomic mass is 10.3. The second-order valence-electron chi connectivity index (χ2n) is 6.26. The van der Waals surface area contributed by atoms with Crippen LogP contribution in [0.4, 0.5) is 8.78 Å². The summed E-state index contributed by atoms with van der Waals surface area (Å²) in [7, 11) is 0. The summed E-state index contributed by atoms with van der Waals surface area (Å²) in [5.41, 5.74) is -0.0904. The third-order valence-corrected chi connectivity index (χ3v) is 4.41. The Morgan fingerprint density at radius 3 is 1.79 bits per heavy atom. The van der Waals surface area contributed by atoms with Crippen molar-refractivity contribution in [1.82, 2.24) is 30.0 Å². The molecule has 0 saturated carbocycles. The van der Waals surface area contributed by atoms with Gasteiger partial charge >= 0.3 is 11.9 Å². The number of hydrogen-bond acceptors (Lipinski definition) is 7. The van der Waals surface area contributed by atoms with Gasteiger partial charge in [-0.2, -0.15) is 10.2 Å². The lowest BCUT2D eigenvalue weighted by molar-refractivity contribution is 0.0518. The molecule has 0 unspecified atom stereocenters. The molecule has 1 N–H and O–H groups in total. The number of nitrogens with zero attached hydrogens (tertiary/aromatic N) is 6. The van der Waals surface area contributed by atoms with Gasteiger partial charge in [-0.1, -0.05) is 23.2 Å². The van der Waals surface area contributed by atoms with E-state index in [0.717, 1.165) is 27.9 Å². The number of benzene rings is 2. The highest BCUT2D eigenvalue weighted by molar-refractivity contribution is 6.30. The minimum atomic E-state index is -1.22. The van der Waals surface area contributed by atoms with E-state index in [4.69, 9.17) is 33.0 Å². The van der Waals surface area contributed by atoms with Gasteiger partial charge < -0.3 is 9.84 Å². The normalized spacial score (nSPS) is 10.4. The fourth-order valence-electron chi connectivity index (χ4n) is 2.44. The van der Waals surface area contributed by atoms with Gasteiger partial charge in [0.2, 0.25) is 0 Å². The Morgan fingerprint density at radius 2 is 1.38 bits per heavy atom. The minimum Gasteiger partial charge on any atom is -0.476 e. The summed E-state index contributed by atoms with van der Waals surface area (Å²) in [6.07, 6.45) is 2.25. The van der Waals surface area contributed by atoms with Crippen molar-refractivity contribution < 1.29 is 28.2 Å². The molecule has 14 heteroatoms. The molecule has 0 aliphatic carbocycles. The fraction of sp³-hybridized carbons (Fsp3) is 0.100. The van der Waals surface area contributed by atoms with Crippen molar-refractivity contribution in [2.75, 3.05) is 6.61 Å². The molecule has 0 spiro atoms. The average Bonchev–Trinajstić information content (AvgIpc) is 3.45. The Morgan fingerprint density at radius 1 is 0.912 bits per heavy atom. The van der Waals surface area contributed by atoms with Gasteiger partial charge in [0.05, 0.1) is 19.0 Å². The Labute approximate surface area is 200 Å². The number of carbonyl (C=O) groups is 2. The highest BCUT2D eigenvalue weighted by Gasteiger charge is 2.14. The molecule has 0 aliphatic rings. The lowest BCUT2D eigenvalue weighted by Crippen LogP contribution is -2.07. The van der Waals surface area contributed by atoms with Crippen molar-refractivity contribution in [2.24, 2.45) is 0 Å². The molecule has 4 rings (SSSR count). The average molecular weight is 511 g/mol. The second kappa shape index (κ2) is 10.8. The van der Waals surface area contributed by atoms with E-state index in [9.17, 15) is 18.4 Å². The van der Waals surface area contributed by atoms with E-state index in [1.54, 1.807) is 6.92 Å². The number of carbonyl (C=O) groups excluding carboxylic acids is 1. The molecule has 176 valence electrons. The van der Waals surface area contributed by atoms with E-state index < -0.39 is 23.6 Å². The van der Waals surface area contributed by atoms with Crippen molar-refractivity contribution >= 4 is 35.1 Å². The number of esters is 1. The number of ether oxygens (including phenoxy) is 1. The zero-order valence-electron chi connectivity index (χ0n) is 17.2. The van der Waals surface area contributed by atoms with Gasteiger partial charge in [-0.05, 0) is 43.3 Å². The summed E-state index contributed by atoms with van der Waals surface area (Å²) >= 11 is 11.2. The molecule has 2 aromatic carbocycles. The van der Waals surface area contributed by atoms with Gasteiger partial charge in [0.1, 0.15) is 11.4 Å². The maximum Gasteiger partial charge on any atom is 0.360 e. The van der Waals surface area contributed by atoms with Crippen LogP contribution in [0.1, 0.15) is 27.9 Å². The second-order valence-corrected chi connectivity index (χ2v) is 7.13. The summed E-state index contributed by atoms with van der Waals surface area (Å²) in [4.78, 5) is 23.8. The lowest BCUT2D eigenvalue weighted by Gasteiger charge is -2.01. The highest BCUT2D eigenvalue weighted by Crippen LogP contribution is 2.18. The number of carboxylic acids is 1. The number of aromatic nitrogens is 6. The SMILES string of the molecule is CCOC(=O)c1cnn(-c2ccc(Cl)cc2F)n1.O=C(O)c1cnn(-c2ccc(Cl)cc2F)n1. The zero-order valence-corrected chi connectivity index (χ0v) is 18.7. The fourth-order valence-corrected chi connectivity index (χ4v) is 2.76. The van der Waals surface area contributed by atoms with E-state index >= 15 is 0 Å². The smallest absolute Gasteiger partial charge is 0.360 e. The van der Waals surface area contributed by atoms with E-state index in [1.165, 1.54) is 30.5 Å². The monoisotopic (exact) mass is 510 g/mol. The third kappa shape index (κ3) is 5.91. The van der Waals surface area contributed by atoms with Crippen LogP contribution in [0.15, 0.2) is 48.8 Å². The molecule has 2 aromatic heterocycles. The van der Waals surface area contributed by atoms with Crippen molar-refractivity contribution in [3.05, 3.63) is 81.9 Å². The quantitative estimate of drug-likeness (QED) is 0.399. The van der Waals surface area contributed by atoms with Gasteiger partial charge in [-0.25, -0.2) is 18.4 Å². The maximum absolute atomic E-state index is 13.6. The van der Waals surface area contributed by atoms with E-state index in [-0.39, 0.29) is 39.4 Å². The molecule has 0 radical (unpaired) electrons. The first kappa shape index (κ1) is 24.7. The van der Waals surface area contributed by atoms with Crippen LogP contribution in [0.5, 0.6) is 0 Å². The Hall–Kier alpha value is -3.90. The van der Waals surface area contributed by atoms with Crippen LogP contribution in [0.2, 0.25) is 10.0 Å². The molecule has 0 fully saturated rings. The van der Waals surface area contributed by atoms with Crippen molar-refractivity contribution in [3.8, 4) is 11.4 Å². The third-order valence-electron chi connectivity index (χ3n) is 3.94. The molecule has 0 aliphatic heterocycles. The molecule has 0 saturated heterocycles. The predicted molar refractivity (Wildman–Crippen MR) is 116 cm³/mol. The highest BCUT2D eigenvalue weighted by atomic mass is 35.5. The van der Waals surface area contributed by atoms with E-state index in [1.807, 2.05) is 0 Å². The molecule has 0 atom stereocenters. The van der Waals surface area contributed by atoms with Gasteiger partial charge in [-0.3, -0.25) is 0 Å². The van der Waals surface area contributed by atoms with Crippen molar-refractivity contribution in [2.45, 2.75) is 6.92 Å². The number of carboxylic acid groups (broad SMARTS) is 1. The van der Waals surface area contributed by atoms with Crippen molar-refractivity contribution in [3.63, 3.8) is 0 Å². The topological polar surface area (TPSA) is 125 Å². The number of aromatic carboxylic acids is 1. The summed E-state index contributed by atoms with van der Waals surface area (Å²) in [6, 6.07) is 8.00. The molecule has 0 bridgehead atoms. The van der Waals surface area contributed by atoms with Gasteiger partial charge in [-0.15, -0.1) is 19.8 Å². The van der Waals surface area contributed by atoms with E-state index in [0.29, 0.717) is 0 Å². The zero-order chi connectivity index (χ0) is 24.8. The Balaban J connectivity index is 0.000000192. The number of rotatable bonds is 5. The maximum atomic E-state index is 13.6. The van der Waals surface area contributed by atoms with Gasteiger partial charge in [0.25, 0.3) is 0 Å².